The molecule has 5 heteroatoms. The van der Waals surface area contributed by atoms with Crippen LogP contribution in [0.2, 0.25) is 0 Å². The zero-order valence-electron chi connectivity index (χ0n) is 11.9. The van der Waals surface area contributed by atoms with Gasteiger partial charge in [0, 0.05) is 11.9 Å². The molecule has 1 heterocycles. The van der Waals surface area contributed by atoms with Crippen LogP contribution in [0.15, 0.2) is 60.7 Å². The Labute approximate surface area is 128 Å². The van der Waals surface area contributed by atoms with Crippen molar-refractivity contribution in [3.8, 4) is 0 Å². The lowest BCUT2D eigenvalue weighted by atomic mass is 10.1. The maximum Gasteiger partial charge on any atom is 0.265 e. The number of benzene rings is 2. The fraction of sp³-hybridized carbons (Fsp3) is 0.0588. The SMILES string of the molecule is NNC(=O)c1cc(NCc2ccccc2)nc2ccccc12. The third-order valence-electron chi connectivity index (χ3n) is 3.41. The molecule has 0 aliphatic rings. The van der Waals surface area contributed by atoms with Crippen LogP contribution in [0.5, 0.6) is 0 Å². The first-order valence-corrected chi connectivity index (χ1v) is 6.96. The van der Waals surface area contributed by atoms with Crippen molar-refractivity contribution in [2.75, 3.05) is 5.32 Å². The van der Waals surface area contributed by atoms with Gasteiger partial charge in [-0.25, -0.2) is 10.8 Å². The van der Waals surface area contributed by atoms with Crippen LogP contribution in [-0.4, -0.2) is 10.9 Å². The number of hydrazine groups is 1. The normalized spacial score (nSPS) is 10.4. The molecule has 3 rings (SSSR count). The second-order valence-corrected chi connectivity index (χ2v) is 4.88. The lowest BCUT2D eigenvalue weighted by molar-refractivity contribution is 0.0955. The van der Waals surface area contributed by atoms with E-state index in [-0.39, 0.29) is 5.91 Å². The number of carbonyl (C=O) groups is 1. The van der Waals surface area contributed by atoms with Gasteiger partial charge in [-0.15, -0.1) is 0 Å². The van der Waals surface area contributed by atoms with Crippen molar-refractivity contribution in [3.05, 3.63) is 71.8 Å². The van der Waals surface area contributed by atoms with Crippen LogP contribution < -0.4 is 16.6 Å². The molecule has 1 aromatic heterocycles. The van der Waals surface area contributed by atoms with Crippen molar-refractivity contribution in [1.82, 2.24) is 10.4 Å². The first kappa shape index (κ1) is 14.0. The molecule has 3 aromatic rings. The van der Waals surface area contributed by atoms with Gasteiger partial charge in [-0.1, -0.05) is 48.5 Å². The Balaban J connectivity index is 1.94. The predicted octanol–water partition coefficient (Wildman–Crippen LogP) is 2.45. The highest BCUT2D eigenvalue weighted by Gasteiger charge is 2.11. The van der Waals surface area contributed by atoms with Crippen LogP contribution in [0.25, 0.3) is 10.9 Å². The Morgan fingerprint density at radius 2 is 1.77 bits per heavy atom. The van der Waals surface area contributed by atoms with E-state index in [0.29, 0.717) is 17.9 Å². The number of aromatic nitrogens is 1. The third kappa shape index (κ3) is 2.89. The number of fused-ring (bicyclic) bond motifs is 1. The molecule has 0 spiro atoms. The van der Waals surface area contributed by atoms with Crippen molar-refractivity contribution < 1.29 is 4.79 Å². The van der Waals surface area contributed by atoms with Gasteiger partial charge in [-0.05, 0) is 17.7 Å². The van der Waals surface area contributed by atoms with Gasteiger partial charge >= 0.3 is 0 Å². The fourth-order valence-electron chi connectivity index (χ4n) is 2.32. The van der Waals surface area contributed by atoms with Gasteiger partial charge < -0.3 is 5.32 Å². The monoisotopic (exact) mass is 292 g/mol. The van der Waals surface area contributed by atoms with Crippen molar-refractivity contribution in [3.63, 3.8) is 0 Å². The molecule has 22 heavy (non-hydrogen) atoms. The molecular weight excluding hydrogens is 276 g/mol. The highest BCUT2D eigenvalue weighted by atomic mass is 16.2. The minimum Gasteiger partial charge on any atom is -0.366 e. The summed E-state index contributed by atoms with van der Waals surface area (Å²) in [6.07, 6.45) is 0. The maximum atomic E-state index is 12.0. The quantitative estimate of drug-likeness (QED) is 0.392. The van der Waals surface area contributed by atoms with Gasteiger partial charge in [0.1, 0.15) is 5.82 Å². The van der Waals surface area contributed by atoms with E-state index in [1.165, 1.54) is 0 Å². The second kappa shape index (κ2) is 6.24. The van der Waals surface area contributed by atoms with Crippen molar-refractivity contribution >= 4 is 22.6 Å². The molecule has 0 atom stereocenters. The van der Waals surface area contributed by atoms with E-state index in [1.54, 1.807) is 6.07 Å². The average Bonchev–Trinajstić information content (AvgIpc) is 2.59. The number of hydrogen-bond acceptors (Lipinski definition) is 4. The zero-order valence-corrected chi connectivity index (χ0v) is 11.9. The van der Waals surface area contributed by atoms with E-state index in [2.05, 4.69) is 15.7 Å². The van der Waals surface area contributed by atoms with Crippen LogP contribution in [0.3, 0.4) is 0 Å². The van der Waals surface area contributed by atoms with Crippen LogP contribution in [0.4, 0.5) is 5.82 Å². The number of hydrogen-bond donors (Lipinski definition) is 3. The van der Waals surface area contributed by atoms with E-state index in [1.807, 2.05) is 54.6 Å². The fourth-order valence-corrected chi connectivity index (χ4v) is 2.32. The van der Waals surface area contributed by atoms with Gasteiger partial charge in [0.05, 0.1) is 11.1 Å². The van der Waals surface area contributed by atoms with Gasteiger partial charge in [0.25, 0.3) is 5.91 Å². The average molecular weight is 292 g/mol. The van der Waals surface area contributed by atoms with E-state index < -0.39 is 0 Å². The van der Waals surface area contributed by atoms with E-state index in [4.69, 9.17) is 5.84 Å². The predicted molar refractivity (Wildman–Crippen MR) is 87.2 cm³/mol. The van der Waals surface area contributed by atoms with Crippen LogP contribution in [0, 0.1) is 0 Å². The van der Waals surface area contributed by atoms with Gasteiger partial charge in [-0.2, -0.15) is 0 Å². The largest absolute Gasteiger partial charge is 0.366 e. The Morgan fingerprint density at radius 3 is 2.55 bits per heavy atom. The lowest BCUT2D eigenvalue weighted by Crippen LogP contribution is -2.30. The number of rotatable bonds is 4. The molecule has 1 amide bonds. The summed E-state index contributed by atoms with van der Waals surface area (Å²) in [4.78, 5) is 16.5. The molecule has 0 aliphatic heterocycles. The minimum atomic E-state index is -0.332. The summed E-state index contributed by atoms with van der Waals surface area (Å²) in [5, 5.41) is 4.01. The number of nitrogens with one attached hydrogen (secondary N) is 2. The molecule has 0 aliphatic carbocycles. The summed E-state index contributed by atoms with van der Waals surface area (Å²) in [6.45, 7) is 0.635. The van der Waals surface area contributed by atoms with Crippen molar-refractivity contribution in [2.45, 2.75) is 6.54 Å². The van der Waals surface area contributed by atoms with Gasteiger partial charge in [0.2, 0.25) is 0 Å². The minimum absolute atomic E-state index is 0.332. The molecule has 4 N–H and O–H groups in total. The van der Waals surface area contributed by atoms with Crippen LogP contribution in [-0.2, 0) is 6.54 Å². The molecule has 2 aromatic carbocycles. The molecule has 0 radical (unpaired) electrons. The number of para-hydroxylation sites is 1. The molecule has 110 valence electrons. The number of nitrogens with zero attached hydrogens (tertiary/aromatic N) is 1. The van der Waals surface area contributed by atoms with Crippen molar-refractivity contribution in [1.29, 1.82) is 0 Å². The summed E-state index contributed by atoms with van der Waals surface area (Å²) in [5.41, 5.74) is 4.57. The number of pyridine rings is 1. The Hall–Kier alpha value is -2.92. The second-order valence-electron chi connectivity index (χ2n) is 4.88. The molecule has 0 saturated carbocycles. The highest BCUT2D eigenvalue weighted by molar-refractivity contribution is 6.06. The Morgan fingerprint density at radius 1 is 1.05 bits per heavy atom. The Kier molecular flexibility index (Phi) is 3.98. The Bertz CT molecular complexity index is 802. The molecular formula is C17H16N4O. The van der Waals surface area contributed by atoms with Gasteiger partial charge in [-0.3, -0.25) is 10.2 Å². The third-order valence-corrected chi connectivity index (χ3v) is 3.41. The smallest absolute Gasteiger partial charge is 0.265 e. The van der Waals surface area contributed by atoms with Gasteiger partial charge in [0.15, 0.2) is 0 Å². The van der Waals surface area contributed by atoms with E-state index in [9.17, 15) is 4.79 Å². The van der Waals surface area contributed by atoms with Crippen LogP contribution >= 0.6 is 0 Å². The maximum absolute atomic E-state index is 12.0. The molecule has 0 saturated heterocycles. The van der Waals surface area contributed by atoms with E-state index >= 15 is 0 Å². The highest BCUT2D eigenvalue weighted by Crippen LogP contribution is 2.21. The first-order chi connectivity index (χ1) is 10.8. The molecule has 0 fully saturated rings. The first-order valence-electron chi connectivity index (χ1n) is 6.96. The standard InChI is InChI=1S/C17H16N4O/c18-21-17(22)14-10-16(19-11-12-6-2-1-3-7-12)20-15-9-5-4-8-13(14)15/h1-10H,11,18H2,(H,19,20)(H,21,22). The molecule has 0 unspecified atom stereocenters. The van der Waals surface area contributed by atoms with Crippen LogP contribution in [0.1, 0.15) is 15.9 Å². The number of amides is 1. The van der Waals surface area contributed by atoms with E-state index in [0.717, 1.165) is 16.5 Å². The number of carbonyl (C=O) groups excluding carboxylic acids is 1. The number of nitrogens with two attached hydrogens (primary N) is 1. The molecule has 5 nitrogen and oxygen atoms in total. The summed E-state index contributed by atoms with van der Waals surface area (Å²) in [7, 11) is 0. The summed E-state index contributed by atoms with van der Waals surface area (Å²) in [6, 6.07) is 19.2. The number of anilines is 1. The number of nitrogen functional groups attached to an aromatic ring is 1. The topological polar surface area (TPSA) is 80.0 Å². The summed E-state index contributed by atoms with van der Waals surface area (Å²) >= 11 is 0. The summed E-state index contributed by atoms with van der Waals surface area (Å²) < 4.78 is 0. The summed E-state index contributed by atoms with van der Waals surface area (Å²) in [5.74, 6) is 5.58. The zero-order chi connectivity index (χ0) is 15.4. The van der Waals surface area contributed by atoms with Crippen molar-refractivity contribution in [2.24, 2.45) is 5.84 Å². The lowest BCUT2D eigenvalue weighted by Gasteiger charge is -2.10. The molecule has 0 bridgehead atoms.